The summed E-state index contributed by atoms with van der Waals surface area (Å²) in [4.78, 5) is 18.4. The fourth-order valence-corrected chi connectivity index (χ4v) is 4.64. The highest BCUT2D eigenvalue weighted by atomic mass is 16.5. The second-order valence-electron chi connectivity index (χ2n) is 7.88. The van der Waals surface area contributed by atoms with Crippen LogP contribution < -0.4 is 4.74 Å². The van der Waals surface area contributed by atoms with Gasteiger partial charge in [0, 0.05) is 24.0 Å². The highest BCUT2D eigenvalue weighted by Gasteiger charge is 2.37. The SMILES string of the molecule is CCC1(c2ccccc2C)CCN(C(=O)c2cc3cc(OC)ccc3[nH]2)CC1. The predicted molar refractivity (Wildman–Crippen MR) is 113 cm³/mol. The highest BCUT2D eigenvalue weighted by Crippen LogP contribution is 2.40. The van der Waals surface area contributed by atoms with Crippen molar-refractivity contribution >= 4 is 16.8 Å². The van der Waals surface area contributed by atoms with Crippen molar-refractivity contribution in [1.82, 2.24) is 9.88 Å². The van der Waals surface area contributed by atoms with Gasteiger partial charge in [0.25, 0.3) is 5.91 Å². The molecule has 0 atom stereocenters. The summed E-state index contributed by atoms with van der Waals surface area (Å²) >= 11 is 0. The summed E-state index contributed by atoms with van der Waals surface area (Å²) in [6, 6.07) is 16.5. The van der Waals surface area contributed by atoms with Crippen LogP contribution in [0.1, 0.15) is 47.8 Å². The van der Waals surface area contributed by atoms with E-state index < -0.39 is 0 Å². The Balaban J connectivity index is 1.53. The van der Waals surface area contributed by atoms with Crippen molar-refractivity contribution in [2.45, 2.75) is 38.5 Å². The molecule has 4 nitrogen and oxygen atoms in total. The van der Waals surface area contributed by atoms with Gasteiger partial charge in [-0.2, -0.15) is 0 Å². The number of fused-ring (bicyclic) bond motifs is 1. The Hall–Kier alpha value is -2.75. The molecule has 1 aromatic heterocycles. The van der Waals surface area contributed by atoms with Gasteiger partial charge in [-0.1, -0.05) is 31.2 Å². The zero-order valence-corrected chi connectivity index (χ0v) is 16.9. The highest BCUT2D eigenvalue weighted by molar-refractivity contribution is 5.98. The topological polar surface area (TPSA) is 45.3 Å². The number of piperidine rings is 1. The largest absolute Gasteiger partial charge is 0.497 e. The van der Waals surface area contributed by atoms with Crippen LogP contribution in [0.25, 0.3) is 10.9 Å². The van der Waals surface area contributed by atoms with Gasteiger partial charge >= 0.3 is 0 Å². The Labute approximate surface area is 166 Å². The first-order chi connectivity index (χ1) is 13.6. The molecule has 4 rings (SSSR count). The first-order valence-corrected chi connectivity index (χ1v) is 10.1. The number of methoxy groups -OCH3 is 1. The Kier molecular flexibility index (Phi) is 4.88. The smallest absolute Gasteiger partial charge is 0.270 e. The average Bonchev–Trinajstić information content (AvgIpc) is 3.17. The van der Waals surface area contributed by atoms with Crippen LogP contribution in [0.15, 0.2) is 48.5 Å². The van der Waals surface area contributed by atoms with Gasteiger partial charge in [-0.25, -0.2) is 0 Å². The summed E-state index contributed by atoms with van der Waals surface area (Å²) in [5.41, 5.74) is 4.60. The zero-order chi connectivity index (χ0) is 19.7. The first kappa shape index (κ1) is 18.6. The van der Waals surface area contributed by atoms with Gasteiger partial charge in [-0.3, -0.25) is 4.79 Å². The van der Waals surface area contributed by atoms with E-state index in [1.165, 1.54) is 11.1 Å². The van der Waals surface area contributed by atoms with Gasteiger partial charge in [-0.05, 0) is 67.0 Å². The molecular formula is C24H28N2O2. The van der Waals surface area contributed by atoms with E-state index >= 15 is 0 Å². The van der Waals surface area contributed by atoms with Crippen LogP contribution in [-0.4, -0.2) is 36.0 Å². The molecule has 1 N–H and O–H groups in total. The Bertz CT molecular complexity index is 997. The maximum Gasteiger partial charge on any atom is 0.270 e. The third kappa shape index (κ3) is 3.17. The molecule has 1 aliphatic rings. The molecule has 2 aromatic carbocycles. The van der Waals surface area contributed by atoms with Crippen molar-refractivity contribution in [3.05, 3.63) is 65.4 Å². The molecule has 1 fully saturated rings. The number of hydrogen-bond donors (Lipinski definition) is 1. The maximum atomic E-state index is 13.1. The average molecular weight is 377 g/mol. The molecule has 0 saturated carbocycles. The van der Waals surface area contributed by atoms with Gasteiger partial charge in [-0.15, -0.1) is 0 Å². The second-order valence-corrected chi connectivity index (χ2v) is 7.88. The van der Waals surface area contributed by atoms with E-state index in [9.17, 15) is 4.79 Å². The van der Waals surface area contributed by atoms with Crippen molar-refractivity contribution in [2.24, 2.45) is 0 Å². The predicted octanol–water partition coefficient (Wildman–Crippen LogP) is 5.07. The third-order valence-corrected chi connectivity index (χ3v) is 6.46. The lowest BCUT2D eigenvalue weighted by Gasteiger charge is -2.42. The number of carbonyl (C=O) groups is 1. The number of aryl methyl sites for hydroxylation is 1. The van der Waals surface area contributed by atoms with Crippen LogP contribution in [0.5, 0.6) is 5.75 Å². The summed E-state index contributed by atoms with van der Waals surface area (Å²) in [5.74, 6) is 0.888. The first-order valence-electron chi connectivity index (χ1n) is 10.1. The van der Waals surface area contributed by atoms with E-state index in [1.54, 1.807) is 7.11 Å². The quantitative estimate of drug-likeness (QED) is 0.691. The molecule has 146 valence electrons. The normalized spacial score (nSPS) is 16.3. The summed E-state index contributed by atoms with van der Waals surface area (Å²) < 4.78 is 5.29. The van der Waals surface area contributed by atoms with Crippen molar-refractivity contribution in [2.75, 3.05) is 20.2 Å². The van der Waals surface area contributed by atoms with E-state index in [2.05, 4.69) is 43.1 Å². The molecule has 28 heavy (non-hydrogen) atoms. The van der Waals surface area contributed by atoms with Crippen LogP contribution in [-0.2, 0) is 5.41 Å². The summed E-state index contributed by atoms with van der Waals surface area (Å²) in [7, 11) is 1.65. The van der Waals surface area contributed by atoms with Gasteiger partial charge in [0.05, 0.1) is 7.11 Å². The number of nitrogens with zero attached hydrogens (tertiary/aromatic N) is 1. The molecule has 0 aliphatic carbocycles. The number of carbonyl (C=O) groups excluding carboxylic acids is 1. The third-order valence-electron chi connectivity index (χ3n) is 6.46. The fourth-order valence-electron chi connectivity index (χ4n) is 4.64. The van der Waals surface area contributed by atoms with E-state index in [0.29, 0.717) is 5.69 Å². The maximum absolute atomic E-state index is 13.1. The number of rotatable bonds is 4. The number of aromatic nitrogens is 1. The number of ether oxygens (including phenoxy) is 1. The summed E-state index contributed by atoms with van der Waals surface area (Å²) in [5, 5.41) is 1.00. The summed E-state index contributed by atoms with van der Waals surface area (Å²) in [6.07, 6.45) is 3.12. The van der Waals surface area contributed by atoms with E-state index in [1.807, 2.05) is 29.2 Å². The minimum atomic E-state index is 0.0876. The molecule has 1 saturated heterocycles. The number of benzene rings is 2. The van der Waals surface area contributed by atoms with E-state index in [4.69, 9.17) is 4.74 Å². The van der Waals surface area contributed by atoms with Crippen molar-refractivity contribution in [3.8, 4) is 5.75 Å². The number of hydrogen-bond acceptors (Lipinski definition) is 2. The van der Waals surface area contributed by atoms with Gasteiger partial charge < -0.3 is 14.6 Å². The van der Waals surface area contributed by atoms with Crippen molar-refractivity contribution in [1.29, 1.82) is 0 Å². The van der Waals surface area contributed by atoms with Gasteiger partial charge in [0.1, 0.15) is 11.4 Å². The van der Waals surface area contributed by atoms with Crippen LogP contribution in [0, 0.1) is 6.92 Å². The lowest BCUT2D eigenvalue weighted by Crippen LogP contribution is -2.45. The minimum absolute atomic E-state index is 0.0876. The van der Waals surface area contributed by atoms with Crippen LogP contribution in [0.3, 0.4) is 0 Å². The van der Waals surface area contributed by atoms with Crippen LogP contribution in [0.4, 0.5) is 0 Å². The van der Waals surface area contributed by atoms with Crippen molar-refractivity contribution < 1.29 is 9.53 Å². The molecule has 0 bridgehead atoms. The Morgan fingerprint density at radius 2 is 1.89 bits per heavy atom. The second kappa shape index (κ2) is 7.34. The standard InChI is InChI=1S/C24H28N2O2/c1-4-24(20-8-6-5-7-17(20)2)11-13-26(14-12-24)23(27)22-16-18-15-19(28-3)9-10-21(18)25-22/h5-10,15-16,25H,4,11-14H2,1-3H3. The number of likely N-dealkylation sites (tertiary alicyclic amines) is 1. The van der Waals surface area contributed by atoms with Gasteiger partial charge in [0.15, 0.2) is 0 Å². The Morgan fingerprint density at radius 1 is 1.14 bits per heavy atom. The summed E-state index contributed by atoms with van der Waals surface area (Å²) in [6.45, 7) is 6.05. The zero-order valence-electron chi connectivity index (χ0n) is 16.9. The fraction of sp³-hybridized carbons (Fsp3) is 0.375. The van der Waals surface area contributed by atoms with Crippen LogP contribution in [0.2, 0.25) is 0 Å². The van der Waals surface area contributed by atoms with E-state index in [-0.39, 0.29) is 11.3 Å². The molecule has 0 radical (unpaired) electrons. The molecule has 1 amide bonds. The number of H-pyrrole nitrogens is 1. The minimum Gasteiger partial charge on any atom is -0.497 e. The monoisotopic (exact) mass is 376 g/mol. The number of amides is 1. The molecule has 3 aromatic rings. The van der Waals surface area contributed by atoms with Crippen LogP contribution >= 0.6 is 0 Å². The van der Waals surface area contributed by atoms with E-state index in [0.717, 1.165) is 49.0 Å². The van der Waals surface area contributed by atoms with Crippen molar-refractivity contribution in [3.63, 3.8) is 0 Å². The lowest BCUT2D eigenvalue weighted by molar-refractivity contribution is 0.0657. The molecule has 2 heterocycles. The molecule has 1 aliphatic heterocycles. The molecule has 4 heteroatoms. The molecule has 0 unspecified atom stereocenters. The number of aromatic amines is 1. The molecular weight excluding hydrogens is 348 g/mol. The number of nitrogens with one attached hydrogen (secondary N) is 1. The lowest BCUT2D eigenvalue weighted by atomic mass is 9.69. The Morgan fingerprint density at radius 3 is 2.57 bits per heavy atom. The van der Waals surface area contributed by atoms with Gasteiger partial charge in [0.2, 0.25) is 0 Å². The molecule has 0 spiro atoms.